The smallest absolute Gasteiger partial charge is 0.203 e. The van der Waals surface area contributed by atoms with Crippen LogP contribution in [0.15, 0.2) is 107 Å². The van der Waals surface area contributed by atoms with Gasteiger partial charge in [-0.15, -0.1) is 0 Å². The van der Waals surface area contributed by atoms with Crippen LogP contribution in [0.5, 0.6) is 23.0 Å². The molecule has 0 atom stereocenters. The van der Waals surface area contributed by atoms with Crippen molar-refractivity contribution in [2.45, 2.75) is 18.1 Å². The summed E-state index contributed by atoms with van der Waals surface area (Å²) in [6.45, 7) is 0.541. The predicted octanol–water partition coefficient (Wildman–Crippen LogP) is 6.31. The minimum absolute atomic E-state index is 0.0192. The molecule has 0 amide bonds. The summed E-state index contributed by atoms with van der Waals surface area (Å²) in [6.07, 6.45) is 1.51. The molecule has 0 aliphatic carbocycles. The normalized spacial score (nSPS) is 11.3. The maximum Gasteiger partial charge on any atom is 0.203 e. The maximum atomic E-state index is 13.5. The minimum atomic E-state index is -3.89. The monoisotopic (exact) mass is 516 g/mol. The Hall–Kier alpha value is -4.23. The summed E-state index contributed by atoms with van der Waals surface area (Å²) < 4.78 is 49.3. The molecule has 0 unspecified atom stereocenters. The van der Waals surface area contributed by atoms with Crippen molar-refractivity contribution in [1.29, 1.82) is 0 Å². The highest BCUT2D eigenvalue weighted by atomic mass is 32.2. The number of methoxy groups -OCH3 is 2. The van der Waals surface area contributed by atoms with Gasteiger partial charge in [-0.1, -0.05) is 66.7 Å². The largest absolute Gasteiger partial charge is 0.493 e. The van der Waals surface area contributed by atoms with Crippen LogP contribution in [-0.4, -0.2) is 22.6 Å². The molecular weight excluding hydrogens is 488 g/mol. The molecule has 0 aliphatic rings. The fourth-order valence-corrected chi connectivity index (χ4v) is 4.76. The van der Waals surface area contributed by atoms with Gasteiger partial charge in [-0.05, 0) is 47.0 Å². The molecule has 0 aromatic heterocycles. The molecule has 0 N–H and O–H groups in total. The molecule has 6 nitrogen and oxygen atoms in total. The van der Waals surface area contributed by atoms with Crippen LogP contribution < -0.4 is 18.9 Å². The van der Waals surface area contributed by atoms with Crippen molar-refractivity contribution < 1.29 is 27.4 Å². The molecule has 4 rings (SSSR count). The van der Waals surface area contributed by atoms with E-state index < -0.39 is 9.84 Å². The van der Waals surface area contributed by atoms with Crippen LogP contribution in [0.4, 0.5) is 0 Å². The van der Waals surface area contributed by atoms with Gasteiger partial charge in [0.05, 0.1) is 14.2 Å². The quantitative estimate of drug-likeness (QED) is 0.233. The molecular formula is C30H28O6S. The van der Waals surface area contributed by atoms with Crippen LogP contribution in [0.1, 0.15) is 16.7 Å². The van der Waals surface area contributed by atoms with Gasteiger partial charge < -0.3 is 18.9 Å². The molecule has 4 aromatic carbocycles. The Kier molecular flexibility index (Phi) is 8.48. The molecule has 4 aromatic rings. The van der Waals surface area contributed by atoms with Gasteiger partial charge >= 0.3 is 0 Å². The number of hydrogen-bond acceptors (Lipinski definition) is 6. The van der Waals surface area contributed by atoms with Crippen molar-refractivity contribution in [3.8, 4) is 23.0 Å². The average Bonchev–Trinajstić information content (AvgIpc) is 2.95. The fourth-order valence-electron chi connectivity index (χ4n) is 3.59. The predicted molar refractivity (Wildman–Crippen MR) is 144 cm³/mol. The van der Waals surface area contributed by atoms with Crippen LogP contribution in [0, 0.1) is 0 Å². The van der Waals surface area contributed by atoms with E-state index in [9.17, 15) is 8.42 Å². The Morgan fingerprint density at radius 1 is 0.649 bits per heavy atom. The van der Waals surface area contributed by atoms with Gasteiger partial charge in [0.2, 0.25) is 9.84 Å². The number of hydrogen-bond donors (Lipinski definition) is 0. The van der Waals surface area contributed by atoms with Gasteiger partial charge in [-0.2, -0.15) is 0 Å². The van der Waals surface area contributed by atoms with Crippen molar-refractivity contribution in [3.63, 3.8) is 0 Å². The van der Waals surface area contributed by atoms with Crippen molar-refractivity contribution in [2.75, 3.05) is 14.2 Å². The molecule has 0 heterocycles. The number of sulfone groups is 1. The first-order valence-electron chi connectivity index (χ1n) is 11.6. The van der Waals surface area contributed by atoms with Gasteiger partial charge in [0.25, 0.3) is 0 Å². The summed E-state index contributed by atoms with van der Waals surface area (Å²) in [5, 5.41) is 1.15. The zero-order chi connectivity index (χ0) is 26.1. The minimum Gasteiger partial charge on any atom is -0.493 e. The Balaban J connectivity index is 1.62. The van der Waals surface area contributed by atoms with Crippen LogP contribution in [-0.2, 0) is 23.1 Å². The molecule has 0 spiro atoms. The summed E-state index contributed by atoms with van der Waals surface area (Å²) >= 11 is 0. The Bertz CT molecular complexity index is 1450. The SMILES string of the molecule is COc1ccc(/C=C/S(=O)(=O)c2cc(OCc3ccccc3)ccc2OCc2ccccc2)cc1OC. The van der Waals surface area contributed by atoms with E-state index in [1.54, 1.807) is 37.4 Å². The highest BCUT2D eigenvalue weighted by Gasteiger charge is 2.19. The molecule has 0 bridgehead atoms. The van der Waals surface area contributed by atoms with Gasteiger partial charge in [-0.25, -0.2) is 8.42 Å². The lowest BCUT2D eigenvalue weighted by molar-refractivity contribution is 0.290. The number of benzene rings is 4. The van der Waals surface area contributed by atoms with Crippen molar-refractivity contribution in [3.05, 3.63) is 119 Å². The van der Waals surface area contributed by atoms with Crippen LogP contribution >= 0.6 is 0 Å². The molecule has 190 valence electrons. The highest BCUT2D eigenvalue weighted by Crippen LogP contribution is 2.32. The number of ether oxygens (including phenoxy) is 4. The molecule has 0 saturated heterocycles. The molecule has 0 aliphatic heterocycles. The summed E-state index contributed by atoms with van der Waals surface area (Å²) in [6, 6.07) is 29.2. The zero-order valence-corrected chi connectivity index (χ0v) is 21.5. The third-order valence-electron chi connectivity index (χ3n) is 5.55. The molecule has 7 heteroatoms. The summed E-state index contributed by atoms with van der Waals surface area (Å²) in [7, 11) is -0.821. The zero-order valence-electron chi connectivity index (χ0n) is 20.7. The lowest BCUT2D eigenvalue weighted by atomic mass is 10.2. The summed E-state index contributed by atoms with van der Waals surface area (Å²) in [5.74, 6) is 1.73. The van der Waals surface area contributed by atoms with Crippen LogP contribution in [0.2, 0.25) is 0 Å². The van der Waals surface area contributed by atoms with Gasteiger partial charge in [-0.3, -0.25) is 0 Å². The van der Waals surface area contributed by atoms with Gasteiger partial charge in [0, 0.05) is 11.5 Å². The van der Waals surface area contributed by atoms with Crippen molar-refractivity contribution in [2.24, 2.45) is 0 Å². The molecule has 37 heavy (non-hydrogen) atoms. The first-order valence-corrected chi connectivity index (χ1v) is 13.2. The average molecular weight is 517 g/mol. The molecule has 0 fully saturated rings. The van der Waals surface area contributed by atoms with E-state index in [4.69, 9.17) is 18.9 Å². The Morgan fingerprint density at radius 3 is 1.86 bits per heavy atom. The van der Waals surface area contributed by atoms with E-state index in [0.717, 1.165) is 16.5 Å². The van der Waals surface area contributed by atoms with E-state index in [2.05, 4.69) is 0 Å². The summed E-state index contributed by atoms with van der Waals surface area (Å²) in [5.41, 5.74) is 2.55. The standard InChI is InChI=1S/C30H28O6S/c1-33-27-15-13-23(19-29(27)34-2)17-18-37(31,32)30-20-26(35-21-24-9-5-3-6-10-24)14-16-28(30)36-22-25-11-7-4-8-12-25/h3-20H,21-22H2,1-2H3/b18-17+. The van der Waals surface area contributed by atoms with E-state index in [-0.39, 0.29) is 17.3 Å². The van der Waals surface area contributed by atoms with E-state index in [1.807, 2.05) is 60.7 Å². The Morgan fingerprint density at radius 2 is 1.24 bits per heavy atom. The maximum absolute atomic E-state index is 13.5. The third-order valence-corrected chi connectivity index (χ3v) is 6.98. The van der Waals surface area contributed by atoms with Crippen molar-refractivity contribution in [1.82, 2.24) is 0 Å². The first kappa shape index (κ1) is 25.9. The number of rotatable bonds is 11. The fraction of sp³-hybridized carbons (Fsp3) is 0.133. The van der Waals surface area contributed by atoms with E-state index in [0.29, 0.717) is 29.4 Å². The topological polar surface area (TPSA) is 71.1 Å². The van der Waals surface area contributed by atoms with Crippen LogP contribution in [0.3, 0.4) is 0 Å². The molecule has 0 radical (unpaired) electrons. The van der Waals surface area contributed by atoms with E-state index >= 15 is 0 Å². The molecule has 0 saturated carbocycles. The Labute approximate surface area is 217 Å². The second-order valence-electron chi connectivity index (χ2n) is 8.12. The van der Waals surface area contributed by atoms with Crippen molar-refractivity contribution >= 4 is 15.9 Å². The van der Waals surface area contributed by atoms with E-state index in [1.165, 1.54) is 19.3 Å². The van der Waals surface area contributed by atoms with Crippen LogP contribution in [0.25, 0.3) is 6.08 Å². The lowest BCUT2D eigenvalue weighted by Crippen LogP contribution is -2.04. The van der Waals surface area contributed by atoms with Gasteiger partial charge in [0.15, 0.2) is 11.5 Å². The third kappa shape index (κ3) is 6.92. The second kappa shape index (κ2) is 12.1. The highest BCUT2D eigenvalue weighted by molar-refractivity contribution is 7.94. The first-order chi connectivity index (χ1) is 18.0. The lowest BCUT2D eigenvalue weighted by Gasteiger charge is -2.13. The second-order valence-corrected chi connectivity index (χ2v) is 9.92. The van der Waals surface area contributed by atoms with Gasteiger partial charge in [0.1, 0.15) is 29.6 Å². The summed E-state index contributed by atoms with van der Waals surface area (Å²) in [4.78, 5) is 0.0192.